The number of nitrogens with one attached hydrogen (secondary N) is 2. The Morgan fingerprint density at radius 3 is 2.22 bits per heavy atom. The number of fused-ring (bicyclic) bond motifs is 2. The third-order valence-electron chi connectivity index (χ3n) is 7.54. The van der Waals surface area contributed by atoms with Crippen LogP contribution in [0.4, 0.5) is 16.2 Å². The monoisotopic (exact) mass is 595 g/mol. The lowest BCUT2D eigenvalue weighted by Crippen LogP contribution is -2.19. The molecule has 6 aromatic rings. The Balaban J connectivity index is 1.37. The molecule has 0 saturated heterocycles. The highest BCUT2D eigenvalue weighted by molar-refractivity contribution is 6.12. The summed E-state index contributed by atoms with van der Waals surface area (Å²) in [6, 6.07) is 37.9. The molecule has 6 aromatic carbocycles. The maximum absolute atomic E-state index is 12.6. The van der Waals surface area contributed by atoms with Gasteiger partial charge in [0, 0.05) is 34.3 Å². The van der Waals surface area contributed by atoms with E-state index in [1.54, 1.807) is 6.21 Å². The first kappa shape index (κ1) is 29.4. The molecule has 0 heterocycles. The molecule has 0 aliphatic heterocycles. The number of anilines is 2. The molecule has 0 bridgehead atoms. The molecule has 4 N–H and O–H groups in total. The fraction of sp³-hybridized carbons (Fsp3) is 0.105. The van der Waals surface area contributed by atoms with Crippen molar-refractivity contribution in [2.24, 2.45) is 4.99 Å². The van der Waals surface area contributed by atoms with Crippen LogP contribution in [0.15, 0.2) is 126 Å². The van der Waals surface area contributed by atoms with Gasteiger partial charge in [-0.05, 0) is 70.4 Å². The molecule has 7 heteroatoms. The first-order chi connectivity index (χ1) is 22.0. The molecule has 0 aliphatic carbocycles. The lowest BCUT2D eigenvalue weighted by atomic mass is 9.90. The van der Waals surface area contributed by atoms with Crippen molar-refractivity contribution in [3.63, 3.8) is 0 Å². The number of ether oxygens (including phenoxy) is 1. The van der Waals surface area contributed by atoms with Crippen LogP contribution < -0.4 is 15.4 Å². The van der Waals surface area contributed by atoms with Gasteiger partial charge in [-0.15, -0.1) is 0 Å². The number of amides is 2. The van der Waals surface area contributed by atoms with Gasteiger partial charge < -0.3 is 25.6 Å². The summed E-state index contributed by atoms with van der Waals surface area (Å²) in [5, 5.41) is 30.7. The number of hydrogen-bond donors (Lipinski definition) is 4. The SMILES string of the molecule is C[C@@H](CO)/N=C/c1cc2ccccc2c(-c2c(OCc3cccc(NC(=O)Nc4ccccc4)c3)ccc3ccccc23)c1O. The van der Waals surface area contributed by atoms with Gasteiger partial charge in [0.2, 0.25) is 0 Å². The predicted molar refractivity (Wildman–Crippen MR) is 183 cm³/mol. The van der Waals surface area contributed by atoms with Gasteiger partial charge in [-0.1, -0.05) is 84.9 Å². The molecule has 0 aromatic heterocycles. The van der Waals surface area contributed by atoms with E-state index in [1.165, 1.54) is 0 Å². The number of aliphatic hydroxyl groups is 1. The number of urea groups is 1. The van der Waals surface area contributed by atoms with E-state index in [2.05, 4.69) is 15.6 Å². The number of carbonyl (C=O) groups excluding carboxylic acids is 1. The molecule has 0 radical (unpaired) electrons. The van der Waals surface area contributed by atoms with Crippen molar-refractivity contribution in [2.45, 2.75) is 19.6 Å². The van der Waals surface area contributed by atoms with Gasteiger partial charge in [0.05, 0.1) is 12.6 Å². The number of carbonyl (C=O) groups is 1. The lowest BCUT2D eigenvalue weighted by Gasteiger charge is -2.19. The Hall–Kier alpha value is -5.66. The summed E-state index contributed by atoms with van der Waals surface area (Å²) in [7, 11) is 0. The van der Waals surface area contributed by atoms with Crippen LogP contribution >= 0.6 is 0 Å². The van der Waals surface area contributed by atoms with Crippen molar-refractivity contribution in [2.75, 3.05) is 17.2 Å². The highest BCUT2D eigenvalue weighted by atomic mass is 16.5. The van der Waals surface area contributed by atoms with Crippen molar-refractivity contribution in [1.82, 2.24) is 0 Å². The number of aromatic hydroxyl groups is 1. The molecule has 0 unspecified atom stereocenters. The van der Waals surface area contributed by atoms with Crippen molar-refractivity contribution in [3.05, 3.63) is 132 Å². The van der Waals surface area contributed by atoms with Crippen molar-refractivity contribution in [3.8, 4) is 22.6 Å². The number of aliphatic imine (C=N–C) groups is 1. The molecule has 6 rings (SSSR count). The molecule has 0 fully saturated rings. The number of para-hydroxylation sites is 1. The maximum atomic E-state index is 12.6. The van der Waals surface area contributed by atoms with Crippen LogP contribution in [0.2, 0.25) is 0 Å². The van der Waals surface area contributed by atoms with Crippen LogP contribution in [0.5, 0.6) is 11.5 Å². The van der Waals surface area contributed by atoms with Crippen LogP contribution in [0.25, 0.3) is 32.7 Å². The Labute approximate surface area is 261 Å². The molecule has 0 spiro atoms. The number of phenolic OH excluding ortho intramolecular Hbond substituents is 1. The van der Waals surface area contributed by atoms with Gasteiger partial charge in [-0.2, -0.15) is 0 Å². The molecule has 7 nitrogen and oxygen atoms in total. The van der Waals surface area contributed by atoms with E-state index >= 15 is 0 Å². The third kappa shape index (κ3) is 6.64. The molecule has 2 amide bonds. The Morgan fingerprint density at radius 1 is 0.778 bits per heavy atom. The van der Waals surface area contributed by atoms with E-state index < -0.39 is 0 Å². The van der Waals surface area contributed by atoms with Crippen molar-refractivity contribution >= 4 is 45.2 Å². The summed E-state index contributed by atoms with van der Waals surface area (Å²) in [6.45, 7) is 1.95. The molecule has 45 heavy (non-hydrogen) atoms. The van der Waals surface area contributed by atoms with E-state index in [0.717, 1.165) is 32.7 Å². The average Bonchev–Trinajstić information content (AvgIpc) is 3.07. The predicted octanol–water partition coefficient (Wildman–Crippen LogP) is 8.39. The summed E-state index contributed by atoms with van der Waals surface area (Å²) in [6.07, 6.45) is 1.62. The van der Waals surface area contributed by atoms with E-state index in [9.17, 15) is 15.0 Å². The molecule has 0 aliphatic rings. The Kier molecular flexibility index (Phi) is 8.71. The standard InChI is InChI=1S/C38H33N3O4/c1-25(23-42)39-22-29-21-28-12-6-8-17-33(28)36(37(29)43)35-32-16-7-5-11-27(32)18-19-34(35)45-24-26-10-9-15-31(20-26)41-38(44)40-30-13-3-2-4-14-30/h2-22,25,42-43H,23-24H2,1H3,(H2,40,41,44)/b39-22+/t25-/m0/s1. The quantitative estimate of drug-likeness (QED) is 0.126. The fourth-order valence-electron chi connectivity index (χ4n) is 5.31. The number of benzene rings is 6. The van der Waals surface area contributed by atoms with Crippen LogP contribution in [0.3, 0.4) is 0 Å². The normalized spacial score (nSPS) is 12.0. The van der Waals surface area contributed by atoms with E-state index in [-0.39, 0.29) is 31.0 Å². The zero-order chi connectivity index (χ0) is 31.2. The van der Waals surface area contributed by atoms with Crippen LogP contribution in [0, 0.1) is 0 Å². The number of aliphatic hydroxyl groups excluding tert-OH is 1. The zero-order valence-corrected chi connectivity index (χ0v) is 24.8. The first-order valence-electron chi connectivity index (χ1n) is 14.8. The highest BCUT2D eigenvalue weighted by Gasteiger charge is 2.20. The Bertz CT molecular complexity index is 2010. The lowest BCUT2D eigenvalue weighted by molar-refractivity contribution is 0.262. The molecule has 0 saturated carbocycles. The summed E-state index contributed by atoms with van der Waals surface area (Å²) in [5.41, 5.74) is 4.16. The molecule has 224 valence electrons. The molecular weight excluding hydrogens is 562 g/mol. The van der Waals surface area contributed by atoms with Crippen LogP contribution in [-0.4, -0.2) is 35.1 Å². The molecule has 1 atom stereocenters. The second-order valence-corrected chi connectivity index (χ2v) is 10.8. The average molecular weight is 596 g/mol. The smallest absolute Gasteiger partial charge is 0.323 e. The topological polar surface area (TPSA) is 103 Å². The Morgan fingerprint density at radius 2 is 1.44 bits per heavy atom. The van der Waals surface area contributed by atoms with Gasteiger partial charge in [-0.3, -0.25) is 4.99 Å². The van der Waals surface area contributed by atoms with Gasteiger partial charge in [0.1, 0.15) is 18.1 Å². The fourth-order valence-corrected chi connectivity index (χ4v) is 5.31. The minimum absolute atomic E-state index is 0.0828. The minimum Gasteiger partial charge on any atom is -0.507 e. The minimum atomic E-state index is -0.338. The third-order valence-corrected chi connectivity index (χ3v) is 7.54. The largest absolute Gasteiger partial charge is 0.507 e. The zero-order valence-electron chi connectivity index (χ0n) is 24.8. The summed E-state index contributed by atoms with van der Waals surface area (Å²) in [5.74, 6) is 0.687. The van der Waals surface area contributed by atoms with Crippen LogP contribution in [-0.2, 0) is 6.61 Å². The first-order valence-corrected chi connectivity index (χ1v) is 14.8. The summed E-state index contributed by atoms with van der Waals surface area (Å²) in [4.78, 5) is 17.0. The number of hydrogen-bond acceptors (Lipinski definition) is 5. The molecular formula is C38H33N3O4. The van der Waals surface area contributed by atoms with Crippen molar-refractivity contribution < 1.29 is 19.7 Å². The van der Waals surface area contributed by atoms with Gasteiger partial charge >= 0.3 is 6.03 Å². The van der Waals surface area contributed by atoms with E-state index in [0.29, 0.717) is 28.3 Å². The highest BCUT2D eigenvalue weighted by Crippen LogP contribution is 2.46. The van der Waals surface area contributed by atoms with Gasteiger partial charge in [-0.25, -0.2) is 4.79 Å². The second kappa shape index (κ2) is 13.3. The van der Waals surface area contributed by atoms with Crippen LogP contribution in [0.1, 0.15) is 18.1 Å². The van der Waals surface area contributed by atoms with E-state index in [4.69, 9.17) is 4.74 Å². The second-order valence-electron chi connectivity index (χ2n) is 10.8. The van der Waals surface area contributed by atoms with E-state index in [1.807, 2.05) is 128 Å². The number of nitrogens with zero attached hydrogens (tertiary/aromatic N) is 1. The van der Waals surface area contributed by atoms with Gasteiger partial charge in [0.15, 0.2) is 0 Å². The van der Waals surface area contributed by atoms with Gasteiger partial charge in [0.25, 0.3) is 0 Å². The maximum Gasteiger partial charge on any atom is 0.323 e. The number of rotatable bonds is 9. The number of phenols is 1. The summed E-state index contributed by atoms with van der Waals surface area (Å²) >= 11 is 0. The summed E-state index contributed by atoms with van der Waals surface area (Å²) < 4.78 is 6.49. The van der Waals surface area contributed by atoms with Crippen molar-refractivity contribution in [1.29, 1.82) is 0 Å².